The molecule has 372 valence electrons. The number of furan rings is 1. The zero-order chi connectivity index (χ0) is 52.4. The lowest BCUT2D eigenvalue weighted by Gasteiger charge is -2.46. The third-order valence-corrected chi connectivity index (χ3v) is 16.2. The highest BCUT2D eigenvalue weighted by molar-refractivity contribution is 6.94. The minimum Gasteiger partial charge on any atom is -0.454 e. The van der Waals surface area contributed by atoms with Gasteiger partial charge in [-0.25, -0.2) is 0 Å². The molecule has 0 fully saturated rings. The number of nitrogens with zero attached hydrogens (tertiary/aromatic N) is 3. The van der Waals surface area contributed by atoms with Crippen LogP contribution in [0, 0.1) is 6.92 Å². The zero-order valence-corrected chi connectivity index (χ0v) is 45.5. The van der Waals surface area contributed by atoms with E-state index >= 15 is 0 Å². The normalized spacial score (nSPS) is 13.3. The van der Waals surface area contributed by atoms with Crippen molar-refractivity contribution in [3.05, 3.63) is 229 Å². The Morgan fingerprint density at radius 3 is 1.61 bits per heavy atom. The van der Waals surface area contributed by atoms with Crippen molar-refractivity contribution < 1.29 is 4.42 Å². The van der Waals surface area contributed by atoms with Gasteiger partial charge in [-0.3, -0.25) is 0 Å². The summed E-state index contributed by atoms with van der Waals surface area (Å²) in [5.41, 5.74) is 23.0. The smallest absolute Gasteiger partial charge is 0.333 e. The molecule has 0 N–H and O–H groups in total. The minimum atomic E-state index is -0.264. The molecule has 0 saturated carbocycles. The Bertz CT molecular complexity index is 4000. The minimum absolute atomic E-state index is 0.0118. The van der Waals surface area contributed by atoms with Crippen molar-refractivity contribution in [2.75, 3.05) is 14.6 Å². The first-order valence-electron chi connectivity index (χ1n) is 27.0. The predicted octanol–water partition coefficient (Wildman–Crippen LogP) is 18.8. The number of hydrogen-bond donors (Lipinski definition) is 0. The Hall–Kier alpha value is -8.28. The average Bonchev–Trinajstić information content (AvgIpc) is 3.78. The number of hydrogen-bond acceptors (Lipinski definition) is 4. The first kappa shape index (κ1) is 47.4. The van der Waals surface area contributed by atoms with Crippen LogP contribution in [0.1, 0.15) is 84.6 Å². The van der Waals surface area contributed by atoms with Gasteiger partial charge in [-0.05, 0) is 175 Å². The first-order valence-corrected chi connectivity index (χ1v) is 27.0. The van der Waals surface area contributed by atoms with Crippen molar-refractivity contribution in [2.45, 2.75) is 85.5 Å². The predicted molar refractivity (Wildman–Crippen MR) is 326 cm³/mol. The molecular formula is C71H64BN3O. The molecule has 0 unspecified atom stereocenters. The van der Waals surface area contributed by atoms with Gasteiger partial charge in [-0.2, -0.15) is 0 Å². The molecule has 4 nitrogen and oxygen atoms in total. The number of para-hydroxylation sites is 1. The maximum atomic E-state index is 7.25. The van der Waals surface area contributed by atoms with Crippen LogP contribution in [0.2, 0.25) is 0 Å². The van der Waals surface area contributed by atoms with Crippen LogP contribution >= 0.6 is 0 Å². The third-order valence-electron chi connectivity index (χ3n) is 16.2. The summed E-state index contributed by atoms with van der Waals surface area (Å²) in [5.74, 6) is 0. The number of rotatable bonds is 6. The van der Waals surface area contributed by atoms with Gasteiger partial charge in [0.25, 0.3) is 0 Å². The van der Waals surface area contributed by atoms with Gasteiger partial charge in [0.15, 0.2) is 5.58 Å². The van der Waals surface area contributed by atoms with Crippen LogP contribution in [0.15, 0.2) is 211 Å². The molecule has 3 heterocycles. The van der Waals surface area contributed by atoms with E-state index in [-0.39, 0.29) is 23.1 Å². The Morgan fingerprint density at radius 1 is 0.434 bits per heavy atom. The molecular weight excluding hydrogens is 922 g/mol. The molecule has 5 heteroatoms. The number of fused-ring (bicyclic) bond motifs is 9. The van der Waals surface area contributed by atoms with E-state index < -0.39 is 0 Å². The molecule has 2 aliphatic heterocycles. The van der Waals surface area contributed by atoms with Crippen molar-refractivity contribution in [2.24, 2.45) is 0 Å². The fraction of sp³-hybridized carbons (Fsp3) is 0.183. The van der Waals surface area contributed by atoms with E-state index in [9.17, 15) is 0 Å². The van der Waals surface area contributed by atoms with Crippen LogP contribution < -0.4 is 25.5 Å². The number of aryl methyl sites for hydroxylation is 1. The van der Waals surface area contributed by atoms with Gasteiger partial charge >= 0.3 is 6.85 Å². The monoisotopic (exact) mass is 986 g/mol. The van der Waals surface area contributed by atoms with Crippen LogP contribution in [0.25, 0.3) is 55.0 Å². The van der Waals surface area contributed by atoms with E-state index in [1.165, 1.54) is 71.9 Å². The quantitative estimate of drug-likeness (QED) is 0.155. The van der Waals surface area contributed by atoms with Crippen molar-refractivity contribution in [1.82, 2.24) is 0 Å². The SMILES string of the molecule is Cc1cc(-c2ccccc2)ccc1N1c2ccc(N(c3ccc(C(C)(C)C)cc3)c3ccc(C(C)(C)C)cc3)cc2B2c3c(cc4c(oc5ccccc54)c31)-c1cc3ccccc3cc1N2c1ccc(C(C)(C)C)cc1. The maximum Gasteiger partial charge on any atom is 0.333 e. The summed E-state index contributed by atoms with van der Waals surface area (Å²) in [6.45, 7) is 22.6. The molecule has 0 radical (unpaired) electrons. The van der Waals surface area contributed by atoms with Gasteiger partial charge < -0.3 is 19.0 Å². The second-order valence-electron chi connectivity index (χ2n) is 24.3. The average molecular weight is 986 g/mol. The maximum absolute atomic E-state index is 7.25. The van der Waals surface area contributed by atoms with Crippen LogP contribution in [-0.2, 0) is 16.2 Å². The number of benzene rings is 10. The Balaban J connectivity index is 1.15. The van der Waals surface area contributed by atoms with Crippen molar-refractivity contribution in [1.29, 1.82) is 0 Å². The van der Waals surface area contributed by atoms with E-state index in [1.54, 1.807) is 0 Å². The fourth-order valence-electron chi connectivity index (χ4n) is 12.1. The second kappa shape index (κ2) is 17.4. The standard InChI is InChI=1S/C71H64BN3O/c1-45-40-49(46-18-12-11-13-19-46)24-38-62(45)74-63-39-37-56(73(53-31-25-50(26-32-53)69(2,3)4)54-33-27-51(28-34-54)70(5,6)7)43-61(63)72-66-59(44-60-57-22-16-17-23-65(57)76-68(60)67(66)74)58-41-47-20-14-15-21-48(47)42-64(58)75(72)55-35-29-52(30-36-55)71(8,9)10/h11-44H,1-10H3. The third kappa shape index (κ3) is 7.81. The van der Waals surface area contributed by atoms with Crippen LogP contribution in [0.5, 0.6) is 0 Å². The molecule has 0 atom stereocenters. The van der Waals surface area contributed by atoms with Crippen LogP contribution in [0.4, 0.5) is 45.5 Å². The lowest BCUT2D eigenvalue weighted by Crippen LogP contribution is -2.61. The number of anilines is 8. The molecule has 0 saturated heterocycles. The van der Waals surface area contributed by atoms with E-state index in [0.29, 0.717) is 0 Å². The van der Waals surface area contributed by atoms with Crippen molar-refractivity contribution >= 4 is 96.0 Å². The molecule has 0 amide bonds. The van der Waals surface area contributed by atoms with Gasteiger partial charge in [-0.1, -0.05) is 178 Å². The van der Waals surface area contributed by atoms with Crippen molar-refractivity contribution in [3.8, 4) is 22.3 Å². The lowest BCUT2D eigenvalue weighted by molar-refractivity contribution is 0.590. The zero-order valence-electron chi connectivity index (χ0n) is 45.5. The van der Waals surface area contributed by atoms with Crippen LogP contribution in [-0.4, -0.2) is 6.85 Å². The summed E-state index contributed by atoms with van der Waals surface area (Å²) in [6, 6.07) is 77.4. The lowest BCUT2D eigenvalue weighted by atomic mass is 9.43. The van der Waals surface area contributed by atoms with E-state index in [0.717, 1.165) is 61.8 Å². The van der Waals surface area contributed by atoms with Crippen LogP contribution in [0.3, 0.4) is 0 Å². The second-order valence-corrected chi connectivity index (χ2v) is 24.3. The Morgan fingerprint density at radius 2 is 0.987 bits per heavy atom. The highest BCUT2D eigenvalue weighted by Gasteiger charge is 2.47. The summed E-state index contributed by atoms with van der Waals surface area (Å²) < 4.78 is 7.25. The molecule has 76 heavy (non-hydrogen) atoms. The molecule has 10 aromatic carbocycles. The molecule has 1 aromatic heterocycles. The largest absolute Gasteiger partial charge is 0.454 e. The Kier molecular flexibility index (Phi) is 10.9. The topological polar surface area (TPSA) is 22.9 Å². The van der Waals surface area contributed by atoms with Gasteiger partial charge in [0.1, 0.15) is 5.58 Å². The first-order chi connectivity index (χ1) is 36.5. The summed E-state index contributed by atoms with van der Waals surface area (Å²) in [7, 11) is 0. The molecule has 0 aliphatic carbocycles. The summed E-state index contributed by atoms with van der Waals surface area (Å²) in [6.07, 6.45) is 0. The molecule has 0 spiro atoms. The van der Waals surface area contributed by atoms with Crippen molar-refractivity contribution in [3.63, 3.8) is 0 Å². The van der Waals surface area contributed by atoms with E-state index in [1.807, 2.05) is 0 Å². The summed E-state index contributed by atoms with van der Waals surface area (Å²) in [5, 5.41) is 4.64. The highest BCUT2D eigenvalue weighted by Crippen LogP contribution is 2.53. The van der Waals surface area contributed by atoms with Gasteiger partial charge in [0.05, 0.1) is 5.69 Å². The Labute approximate surface area is 449 Å². The van der Waals surface area contributed by atoms with Gasteiger partial charge in [-0.15, -0.1) is 0 Å². The molecule has 13 rings (SSSR count). The fourth-order valence-corrected chi connectivity index (χ4v) is 12.1. The molecule has 11 aromatic rings. The molecule has 0 bridgehead atoms. The summed E-state index contributed by atoms with van der Waals surface area (Å²) >= 11 is 0. The van der Waals surface area contributed by atoms with E-state index in [2.05, 4.69) is 290 Å². The van der Waals surface area contributed by atoms with E-state index in [4.69, 9.17) is 4.42 Å². The highest BCUT2D eigenvalue weighted by atomic mass is 16.3. The summed E-state index contributed by atoms with van der Waals surface area (Å²) in [4.78, 5) is 7.63. The van der Waals surface area contributed by atoms with Gasteiger partial charge in [0, 0.05) is 56.1 Å². The molecule has 2 aliphatic rings. The van der Waals surface area contributed by atoms with Gasteiger partial charge in [0.2, 0.25) is 0 Å².